The van der Waals surface area contributed by atoms with E-state index >= 15 is 0 Å². The molecule has 11 nitrogen and oxygen atoms in total. The van der Waals surface area contributed by atoms with Crippen molar-refractivity contribution in [3.05, 3.63) is 44.4 Å². The van der Waals surface area contributed by atoms with Crippen molar-refractivity contribution >= 4 is 67.6 Å². The molecule has 2 saturated heterocycles. The summed E-state index contributed by atoms with van der Waals surface area (Å²) in [5.74, 6) is 1.10. The molecule has 3 atom stereocenters. The zero-order valence-electron chi connectivity index (χ0n) is 34.8. The van der Waals surface area contributed by atoms with Crippen molar-refractivity contribution in [2.45, 2.75) is 141 Å². The van der Waals surface area contributed by atoms with Crippen LogP contribution in [0.15, 0.2) is 24.5 Å². The van der Waals surface area contributed by atoms with Gasteiger partial charge in [0.25, 0.3) is 0 Å². The number of hydrogen-bond donors (Lipinski definition) is 0. The Labute approximate surface area is 352 Å². The number of aromatic nitrogens is 5. The maximum atomic E-state index is 13.4. The van der Waals surface area contributed by atoms with Crippen LogP contribution in [-0.4, -0.2) is 96.1 Å². The van der Waals surface area contributed by atoms with Gasteiger partial charge in [-0.2, -0.15) is 9.61 Å². The molecule has 2 aliphatic heterocycles. The van der Waals surface area contributed by atoms with Crippen LogP contribution in [0.5, 0.6) is 0 Å². The molecule has 0 saturated carbocycles. The first-order valence-corrected chi connectivity index (χ1v) is 29.7. The lowest BCUT2D eigenvalue weighted by atomic mass is 9.88. The standard InChI is InChI=1S/C41H60IN7O4SSi2/c1-41(2,3)53-40(50)48-29-14-15-30(48)22-28(21-29)36-35(42)39(47(25-51-17-19-55(4,5)6)26-52-18-20-56(7,8)9)49-37(46-36)31(24-44-49)27-13-16-33(43-23-27)38-45-32-11-10-12-34(32)54-38/h13,16,23-24,28-30H,10-12,14-15,17-22,25-26H2,1-9H3/t28-,29-,30+. The van der Waals surface area contributed by atoms with Crippen molar-refractivity contribution in [1.82, 2.24) is 29.5 Å². The number of halogens is 1. The van der Waals surface area contributed by atoms with E-state index in [4.69, 9.17) is 34.3 Å². The number of rotatable bonds is 14. The van der Waals surface area contributed by atoms with Gasteiger partial charge in [0.05, 0.1) is 26.8 Å². The maximum absolute atomic E-state index is 13.4. The fraction of sp³-hybridized carbons (Fsp3) is 0.634. The van der Waals surface area contributed by atoms with Crippen LogP contribution < -0.4 is 4.90 Å². The molecule has 2 bridgehead atoms. The molecule has 304 valence electrons. The Morgan fingerprint density at radius 2 is 1.61 bits per heavy atom. The molecule has 0 aromatic carbocycles. The number of thiazole rings is 1. The van der Waals surface area contributed by atoms with Crippen LogP contribution in [-0.2, 0) is 27.1 Å². The monoisotopic (exact) mass is 929 g/mol. The Hall–Kier alpha value is -2.45. The number of pyridine rings is 1. The molecule has 4 aromatic heterocycles. The summed E-state index contributed by atoms with van der Waals surface area (Å²) in [4.78, 5) is 34.4. The second-order valence-electron chi connectivity index (χ2n) is 19.3. The molecule has 7 rings (SSSR count). The predicted octanol–water partition coefficient (Wildman–Crippen LogP) is 10.1. The highest BCUT2D eigenvalue weighted by atomic mass is 127. The lowest BCUT2D eigenvalue weighted by Crippen LogP contribution is -2.48. The van der Waals surface area contributed by atoms with Gasteiger partial charge in [-0.3, -0.25) is 4.98 Å². The summed E-state index contributed by atoms with van der Waals surface area (Å²) in [5, 5.41) is 6.02. The first kappa shape index (κ1) is 41.7. The molecule has 2 fully saturated rings. The number of aryl methyl sites for hydroxylation is 2. The summed E-state index contributed by atoms with van der Waals surface area (Å²) >= 11 is 4.26. The third kappa shape index (κ3) is 9.70. The second-order valence-corrected chi connectivity index (χ2v) is 32.7. The summed E-state index contributed by atoms with van der Waals surface area (Å²) in [6.07, 6.45) is 10.7. The van der Waals surface area contributed by atoms with E-state index in [2.05, 4.69) is 78.9 Å². The van der Waals surface area contributed by atoms with E-state index in [0.29, 0.717) is 26.7 Å². The Morgan fingerprint density at radius 1 is 0.946 bits per heavy atom. The molecular formula is C41H60IN7O4SSi2. The third-order valence-electron chi connectivity index (χ3n) is 11.0. The number of anilines is 1. The van der Waals surface area contributed by atoms with Crippen molar-refractivity contribution in [1.29, 1.82) is 0 Å². The van der Waals surface area contributed by atoms with Crippen LogP contribution in [0.4, 0.5) is 10.6 Å². The Balaban J connectivity index is 1.26. The molecule has 56 heavy (non-hydrogen) atoms. The normalized spacial score (nSPS) is 19.9. The van der Waals surface area contributed by atoms with Crippen LogP contribution in [0.2, 0.25) is 51.4 Å². The average Bonchev–Trinajstić information content (AvgIpc) is 3.88. The number of fused-ring (bicyclic) bond motifs is 4. The SMILES string of the molecule is CC(C)(C)OC(=O)N1[C@@H]2CC[C@H]1C[C@H](c1nc3c(-c4ccc(-c5nc6c(s5)CCC6)nc4)cnn3c(N(COCC[Si](C)(C)C)COCC[Si](C)(C)C)c1I)C2. The quantitative estimate of drug-likeness (QED) is 0.0529. The summed E-state index contributed by atoms with van der Waals surface area (Å²) in [5.41, 5.74) is 5.33. The first-order valence-electron chi connectivity index (χ1n) is 20.4. The number of piperidine rings is 1. The molecule has 6 heterocycles. The summed E-state index contributed by atoms with van der Waals surface area (Å²) in [6.45, 7) is 22.3. The van der Waals surface area contributed by atoms with E-state index in [1.54, 1.807) is 11.3 Å². The average molecular weight is 930 g/mol. The number of amides is 1. The summed E-state index contributed by atoms with van der Waals surface area (Å²) < 4.78 is 21.8. The fourth-order valence-corrected chi connectivity index (χ4v) is 11.8. The molecule has 0 spiro atoms. The van der Waals surface area contributed by atoms with Crippen molar-refractivity contribution in [3.8, 4) is 21.8 Å². The van der Waals surface area contributed by atoms with Crippen molar-refractivity contribution in [3.63, 3.8) is 0 Å². The van der Waals surface area contributed by atoms with Crippen LogP contribution in [0.25, 0.3) is 27.5 Å². The van der Waals surface area contributed by atoms with Gasteiger partial charge in [0.15, 0.2) is 11.5 Å². The highest BCUT2D eigenvalue weighted by Gasteiger charge is 2.46. The lowest BCUT2D eigenvalue weighted by Gasteiger charge is -2.39. The minimum Gasteiger partial charge on any atom is -0.444 e. The van der Waals surface area contributed by atoms with Crippen molar-refractivity contribution in [2.24, 2.45) is 0 Å². The molecular weight excluding hydrogens is 870 g/mol. The van der Waals surface area contributed by atoms with E-state index in [0.717, 1.165) is 93.2 Å². The van der Waals surface area contributed by atoms with Crippen LogP contribution in [0.1, 0.15) is 75.1 Å². The largest absolute Gasteiger partial charge is 0.444 e. The lowest BCUT2D eigenvalue weighted by molar-refractivity contribution is 0.00566. The van der Waals surface area contributed by atoms with E-state index < -0.39 is 21.7 Å². The van der Waals surface area contributed by atoms with Gasteiger partial charge < -0.3 is 24.0 Å². The predicted molar refractivity (Wildman–Crippen MR) is 239 cm³/mol. The Kier molecular flexibility index (Phi) is 12.4. The van der Waals surface area contributed by atoms with Gasteiger partial charge in [-0.25, -0.2) is 14.8 Å². The van der Waals surface area contributed by atoms with E-state index in [-0.39, 0.29) is 24.1 Å². The number of hydrogen-bond acceptors (Lipinski definition) is 10. The zero-order valence-corrected chi connectivity index (χ0v) is 39.8. The highest BCUT2D eigenvalue weighted by Crippen LogP contribution is 2.46. The van der Waals surface area contributed by atoms with Gasteiger partial charge in [0.1, 0.15) is 24.1 Å². The molecule has 4 aromatic rings. The zero-order chi connectivity index (χ0) is 40.0. The molecule has 15 heteroatoms. The van der Waals surface area contributed by atoms with Gasteiger partial charge in [0.2, 0.25) is 0 Å². The molecule has 0 radical (unpaired) electrons. The van der Waals surface area contributed by atoms with E-state index in [9.17, 15) is 4.79 Å². The Bertz CT molecular complexity index is 1960. The van der Waals surface area contributed by atoms with Crippen molar-refractivity contribution < 1.29 is 19.0 Å². The minimum absolute atomic E-state index is 0.116. The molecule has 3 aliphatic rings. The molecule has 0 N–H and O–H groups in total. The first-order chi connectivity index (χ1) is 26.4. The van der Waals surface area contributed by atoms with Crippen LogP contribution >= 0.6 is 33.9 Å². The molecule has 0 unspecified atom stereocenters. The van der Waals surface area contributed by atoms with Gasteiger partial charge in [0, 0.05) is 69.6 Å². The fourth-order valence-electron chi connectivity index (χ4n) is 7.98. The maximum Gasteiger partial charge on any atom is 0.410 e. The highest BCUT2D eigenvalue weighted by molar-refractivity contribution is 14.1. The molecule has 1 aliphatic carbocycles. The summed E-state index contributed by atoms with van der Waals surface area (Å²) in [6, 6.07) is 6.61. The van der Waals surface area contributed by atoms with E-state index in [1.165, 1.54) is 17.0 Å². The minimum atomic E-state index is -1.29. The van der Waals surface area contributed by atoms with Gasteiger partial charge >= 0.3 is 6.09 Å². The number of carbonyl (C=O) groups is 1. The van der Waals surface area contributed by atoms with Gasteiger partial charge in [-0.15, -0.1) is 11.3 Å². The Morgan fingerprint density at radius 3 is 2.18 bits per heavy atom. The number of nitrogens with zero attached hydrogens (tertiary/aromatic N) is 7. The number of ether oxygens (including phenoxy) is 3. The summed E-state index contributed by atoms with van der Waals surface area (Å²) in [7, 11) is -2.57. The topological polar surface area (TPSA) is 107 Å². The van der Waals surface area contributed by atoms with Crippen LogP contribution in [0.3, 0.4) is 0 Å². The van der Waals surface area contributed by atoms with E-state index in [1.807, 2.05) is 42.6 Å². The third-order valence-corrected chi connectivity index (χ3v) is 16.6. The smallest absolute Gasteiger partial charge is 0.410 e. The molecule has 1 amide bonds. The van der Waals surface area contributed by atoms with Crippen molar-refractivity contribution in [2.75, 3.05) is 31.6 Å². The second kappa shape index (κ2) is 16.7. The van der Waals surface area contributed by atoms with Gasteiger partial charge in [-0.1, -0.05) is 45.3 Å². The van der Waals surface area contributed by atoms with Crippen LogP contribution in [0, 0.1) is 3.57 Å². The van der Waals surface area contributed by atoms with Gasteiger partial charge in [-0.05, 0) is 106 Å². The number of carbonyl (C=O) groups excluding carboxylic acids is 1.